The van der Waals surface area contributed by atoms with E-state index >= 15 is 0 Å². The molecule has 0 saturated heterocycles. The summed E-state index contributed by atoms with van der Waals surface area (Å²) >= 11 is 0. The Morgan fingerprint density at radius 3 is 1.48 bits per heavy atom. The maximum absolute atomic E-state index is 11.3. The van der Waals surface area contributed by atoms with Gasteiger partial charge in [0.25, 0.3) is 0 Å². The first-order valence-corrected chi connectivity index (χ1v) is 7.56. The Morgan fingerprint density at radius 2 is 1.13 bits per heavy atom. The van der Waals surface area contributed by atoms with Gasteiger partial charge in [-0.2, -0.15) is 0 Å². The van der Waals surface area contributed by atoms with E-state index in [9.17, 15) is 19.8 Å². The zero-order valence-electron chi connectivity index (χ0n) is 13.2. The van der Waals surface area contributed by atoms with Crippen molar-refractivity contribution in [2.75, 3.05) is 0 Å². The van der Waals surface area contributed by atoms with Crippen LogP contribution < -0.4 is 0 Å². The van der Waals surface area contributed by atoms with Gasteiger partial charge in [-0.3, -0.25) is 0 Å². The molecule has 2 rings (SSSR count). The lowest BCUT2D eigenvalue weighted by Gasteiger charge is -2.20. The van der Waals surface area contributed by atoms with Crippen LogP contribution in [0.4, 0.5) is 0 Å². The Labute approximate surface area is 135 Å². The topological polar surface area (TPSA) is 74.6 Å². The predicted octanol–water partition coefficient (Wildman–Crippen LogP) is 4.38. The number of carbonyl (C=O) groups is 2. The molecule has 0 aliphatic carbocycles. The van der Waals surface area contributed by atoms with Crippen LogP contribution in [0.15, 0.2) is 48.5 Å². The molecule has 0 aromatic heterocycles. The van der Waals surface area contributed by atoms with Crippen molar-refractivity contribution < 1.29 is 19.8 Å². The van der Waals surface area contributed by atoms with Gasteiger partial charge in [-0.1, -0.05) is 50.2 Å². The summed E-state index contributed by atoms with van der Waals surface area (Å²) < 4.78 is 0. The molecule has 4 nitrogen and oxygen atoms in total. The van der Waals surface area contributed by atoms with Crippen LogP contribution in [-0.4, -0.2) is 22.2 Å². The molecular formula is C19H20O4. The molecule has 2 unspecified atom stereocenters. The Bertz CT molecular complexity index is 659. The smallest absolute Gasteiger partial charge is 0.335 e. The Kier molecular flexibility index (Phi) is 5.16. The van der Waals surface area contributed by atoms with E-state index in [2.05, 4.69) is 0 Å². The van der Waals surface area contributed by atoms with Gasteiger partial charge in [0, 0.05) is 0 Å². The summed E-state index contributed by atoms with van der Waals surface area (Å²) in [7, 11) is 0. The van der Waals surface area contributed by atoms with E-state index in [1.165, 1.54) is 0 Å². The fourth-order valence-electron chi connectivity index (χ4n) is 3.03. The predicted molar refractivity (Wildman–Crippen MR) is 88.2 cm³/mol. The number of hydrogen-bond donors (Lipinski definition) is 2. The number of aromatic carboxylic acids is 2. The van der Waals surface area contributed by atoms with Crippen LogP contribution in [0.2, 0.25) is 0 Å². The van der Waals surface area contributed by atoms with Crippen molar-refractivity contribution in [2.24, 2.45) is 0 Å². The molecule has 0 heterocycles. The molecule has 4 heteroatoms. The maximum atomic E-state index is 11.3. The minimum Gasteiger partial charge on any atom is -0.478 e. The van der Waals surface area contributed by atoms with Crippen LogP contribution in [0.1, 0.15) is 63.9 Å². The third-order valence-electron chi connectivity index (χ3n) is 4.15. The summed E-state index contributed by atoms with van der Waals surface area (Å²) in [5.74, 6) is -1.85. The van der Waals surface area contributed by atoms with Crippen LogP contribution in [0.25, 0.3) is 0 Å². The molecule has 2 N–H and O–H groups in total. The Balaban J connectivity index is 2.26. The number of benzene rings is 2. The van der Waals surface area contributed by atoms with Crippen molar-refractivity contribution >= 4 is 11.9 Å². The minimum atomic E-state index is -0.939. The average Bonchev–Trinajstić information content (AvgIpc) is 2.54. The lowest BCUT2D eigenvalue weighted by atomic mass is 9.84. The molecule has 0 spiro atoms. The van der Waals surface area contributed by atoms with Gasteiger partial charge in [0.1, 0.15) is 0 Å². The highest BCUT2D eigenvalue weighted by atomic mass is 16.4. The van der Waals surface area contributed by atoms with Gasteiger partial charge < -0.3 is 10.2 Å². The van der Waals surface area contributed by atoms with Gasteiger partial charge in [0.15, 0.2) is 0 Å². The van der Waals surface area contributed by atoms with E-state index in [1.807, 2.05) is 38.1 Å². The molecular weight excluding hydrogens is 292 g/mol. The Hall–Kier alpha value is -2.62. The SMILES string of the molecule is CC(CC(C)c1ccccc1C(=O)O)c1ccccc1C(=O)O. The van der Waals surface area contributed by atoms with E-state index < -0.39 is 11.9 Å². The van der Waals surface area contributed by atoms with E-state index in [1.54, 1.807) is 24.3 Å². The second-order valence-corrected chi connectivity index (χ2v) is 5.82. The van der Waals surface area contributed by atoms with Crippen LogP contribution in [0, 0.1) is 0 Å². The number of rotatable bonds is 6. The van der Waals surface area contributed by atoms with Crippen molar-refractivity contribution in [3.8, 4) is 0 Å². The van der Waals surface area contributed by atoms with Crippen molar-refractivity contribution in [2.45, 2.75) is 32.1 Å². The second-order valence-electron chi connectivity index (χ2n) is 5.82. The van der Waals surface area contributed by atoms with Crippen molar-refractivity contribution in [1.82, 2.24) is 0 Å². The molecule has 120 valence electrons. The van der Waals surface area contributed by atoms with E-state index in [0.717, 1.165) is 11.1 Å². The van der Waals surface area contributed by atoms with Crippen molar-refractivity contribution in [1.29, 1.82) is 0 Å². The number of carboxylic acids is 2. The summed E-state index contributed by atoms with van der Waals surface area (Å²) in [6.45, 7) is 3.95. The summed E-state index contributed by atoms with van der Waals surface area (Å²) in [5.41, 5.74) is 2.16. The zero-order valence-corrected chi connectivity index (χ0v) is 13.2. The molecule has 23 heavy (non-hydrogen) atoms. The van der Waals surface area contributed by atoms with Crippen LogP contribution >= 0.6 is 0 Å². The number of carboxylic acid groups (broad SMARTS) is 2. The molecule has 2 atom stereocenters. The van der Waals surface area contributed by atoms with Crippen LogP contribution in [-0.2, 0) is 0 Å². The first-order valence-electron chi connectivity index (χ1n) is 7.56. The van der Waals surface area contributed by atoms with Gasteiger partial charge in [-0.15, -0.1) is 0 Å². The van der Waals surface area contributed by atoms with Gasteiger partial charge in [-0.05, 0) is 41.5 Å². The molecule has 2 aromatic carbocycles. The zero-order chi connectivity index (χ0) is 17.0. The summed E-state index contributed by atoms with van der Waals surface area (Å²) in [6.07, 6.45) is 0.675. The third-order valence-corrected chi connectivity index (χ3v) is 4.15. The van der Waals surface area contributed by atoms with E-state index in [0.29, 0.717) is 17.5 Å². The van der Waals surface area contributed by atoms with Gasteiger partial charge in [0.2, 0.25) is 0 Å². The van der Waals surface area contributed by atoms with Crippen molar-refractivity contribution in [3.05, 3.63) is 70.8 Å². The minimum absolute atomic E-state index is 0.0131. The van der Waals surface area contributed by atoms with Gasteiger partial charge >= 0.3 is 11.9 Å². The summed E-state index contributed by atoms with van der Waals surface area (Å²) in [4.78, 5) is 22.7. The molecule has 0 bridgehead atoms. The third kappa shape index (κ3) is 3.77. The first kappa shape index (κ1) is 16.7. The average molecular weight is 312 g/mol. The first-order chi connectivity index (χ1) is 10.9. The summed E-state index contributed by atoms with van der Waals surface area (Å²) in [5, 5.41) is 18.6. The van der Waals surface area contributed by atoms with E-state index in [-0.39, 0.29) is 11.8 Å². The van der Waals surface area contributed by atoms with E-state index in [4.69, 9.17) is 0 Å². The normalized spacial score (nSPS) is 13.3. The highest BCUT2D eigenvalue weighted by molar-refractivity contribution is 5.90. The van der Waals surface area contributed by atoms with Crippen LogP contribution in [0.5, 0.6) is 0 Å². The monoisotopic (exact) mass is 312 g/mol. The fraction of sp³-hybridized carbons (Fsp3) is 0.263. The Morgan fingerprint density at radius 1 is 0.783 bits per heavy atom. The van der Waals surface area contributed by atoms with Crippen LogP contribution in [0.3, 0.4) is 0 Å². The largest absolute Gasteiger partial charge is 0.478 e. The molecule has 0 radical (unpaired) electrons. The standard InChI is InChI=1S/C19H20O4/c1-12(14-7-3-5-9-16(14)18(20)21)11-13(2)15-8-4-6-10-17(15)19(22)23/h3-10,12-13H,11H2,1-2H3,(H,20,21)(H,22,23). The van der Waals surface area contributed by atoms with Gasteiger partial charge in [0.05, 0.1) is 11.1 Å². The fourth-order valence-corrected chi connectivity index (χ4v) is 3.03. The maximum Gasteiger partial charge on any atom is 0.335 e. The molecule has 0 aliphatic rings. The highest BCUT2D eigenvalue weighted by Crippen LogP contribution is 2.32. The summed E-state index contributed by atoms with van der Waals surface area (Å²) in [6, 6.07) is 13.9. The molecule has 0 aliphatic heterocycles. The van der Waals surface area contributed by atoms with Crippen molar-refractivity contribution in [3.63, 3.8) is 0 Å². The molecule has 0 amide bonds. The van der Waals surface area contributed by atoms with Gasteiger partial charge in [-0.25, -0.2) is 9.59 Å². The second kappa shape index (κ2) is 7.09. The lowest BCUT2D eigenvalue weighted by Crippen LogP contribution is -2.10. The lowest BCUT2D eigenvalue weighted by molar-refractivity contribution is 0.0685. The quantitative estimate of drug-likeness (QED) is 0.830. The number of hydrogen-bond acceptors (Lipinski definition) is 2. The molecule has 2 aromatic rings. The molecule has 0 fully saturated rings. The highest BCUT2D eigenvalue weighted by Gasteiger charge is 2.20. The molecule has 0 saturated carbocycles.